The van der Waals surface area contributed by atoms with E-state index in [-0.39, 0.29) is 17.0 Å². The summed E-state index contributed by atoms with van der Waals surface area (Å²) in [5, 5.41) is 4.62. The quantitative estimate of drug-likeness (QED) is 0.355. The molecule has 0 radical (unpaired) electrons. The van der Waals surface area contributed by atoms with Crippen molar-refractivity contribution in [3.63, 3.8) is 0 Å². The summed E-state index contributed by atoms with van der Waals surface area (Å²) in [5.41, 5.74) is -0.711. The fourth-order valence-corrected chi connectivity index (χ4v) is 3.26. The Morgan fingerprint density at radius 3 is 2.31 bits per heavy atom. The molecule has 0 saturated heterocycles. The maximum absolute atomic E-state index is 13.7. The van der Waals surface area contributed by atoms with Crippen LogP contribution in [0.3, 0.4) is 0 Å². The number of hydrogen-bond donors (Lipinski definition) is 2. The number of nitrogens with zero attached hydrogens (tertiary/aromatic N) is 2. The fraction of sp³-hybridized carbons (Fsp3) is 0.0800. The van der Waals surface area contributed by atoms with E-state index in [9.17, 15) is 22.8 Å². The van der Waals surface area contributed by atoms with Gasteiger partial charge in [-0.25, -0.2) is 4.98 Å². The Bertz CT molecular complexity index is 1320. The third kappa shape index (κ3) is 5.49. The van der Waals surface area contributed by atoms with Gasteiger partial charge >= 0.3 is 6.18 Å². The number of furan rings is 1. The molecule has 0 fully saturated rings. The van der Waals surface area contributed by atoms with Crippen LogP contribution in [0.25, 0.3) is 0 Å². The predicted octanol–water partition coefficient (Wildman–Crippen LogP) is 5.97. The number of anilines is 4. The summed E-state index contributed by atoms with van der Waals surface area (Å²) in [5.74, 6) is -0.957. The second-order valence-corrected chi connectivity index (χ2v) is 7.44. The number of amides is 2. The van der Waals surface area contributed by atoms with Crippen LogP contribution < -0.4 is 15.5 Å². The Kier molecular flexibility index (Phi) is 6.54. The molecule has 2 amide bonds. The number of carbonyl (C=O) groups is 2. The molecule has 0 atom stereocenters. The molecule has 0 aliphatic carbocycles. The molecule has 4 aromatic rings. The van der Waals surface area contributed by atoms with Gasteiger partial charge in [0.05, 0.1) is 23.1 Å². The van der Waals surface area contributed by atoms with Crippen molar-refractivity contribution in [3.8, 4) is 0 Å². The van der Waals surface area contributed by atoms with Gasteiger partial charge in [0.1, 0.15) is 5.82 Å². The number of benzene rings is 2. The minimum absolute atomic E-state index is 0.0511. The van der Waals surface area contributed by atoms with Crippen LogP contribution in [0.2, 0.25) is 0 Å². The number of hydrogen-bond acceptors (Lipinski definition) is 5. The van der Waals surface area contributed by atoms with E-state index in [1.54, 1.807) is 18.0 Å². The van der Waals surface area contributed by atoms with Gasteiger partial charge in [-0.15, -0.1) is 0 Å². The highest BCUT2D eigenvalue weighted by Gasteiger charge is 2.34. The van der Waals surface area contributed by atoms with Crippen LogP contribution in [-0.4, -0.2) is 23.8 Å². The Labute approximate surface area is 198 Å². The number of pyridine rings is 1. The molecule has 2 N–H and O–H groups in total. The molecule has 2 heterocycles. The molecule has 0 aliphatic rings. The molecule has 10 heteroatoms. The van der Waals surface area contributed by atoms with Gasteiger partial charge in [0.2, 0.25) is 0 Å². The van der Waals surface area contributed by atoms with Crippen LogP contribution in [0.15, 0.2) is 89.7 Å². The van der Waals surface area contributed by atoms with E-state index < -0.39 is 29.2 Å². The van der Waals surface area contributed by atoms with Crippen molar-refractivity contribution >= 4 is 34.7 Å². The van der Waals surface area contributed by atoms with Crippen LogP contribution in [0.4, 0.5) is 36.1 Å². The fourth-order valence-electron chi connectivity index (χ4n) is 3.26. The van der Waals surface area contributed by atoms with Gasteiger partial charge in [-0.1, -0.05) is 18.2 Å². The van der Waals surface area contributed by atoms with Crippen LogP contribution in [0, 0.1) is 0 Å². The van der Waals surface area contributed by atoms with E-state index in [4.69, 9.17) is 4.42 Å². The lowest BCUT2D eigenvalue weighted by atomic mass is 10.1. The van der Waals surface area contributed by atoms with E-state index >= 15 is 0 Å². The molecular formula is C25H19F3N4O3. The average Bonchev–Trinajstić information content (AvgIpc) is 3.40. The monoisotopic (exact) mass is 480 g/mol. The highest BCUT2D eigenvalue weighted by atomic mass is 19.4. The number of carbonyl (C=O) groups excluding carboxylic acids is 2. The second-order valence-electron chi connectivity index (χ2n) is 7.44. The maximum Gasteiger partial charge on any atom is 0.418 e. The van der Waals surface area contributed by atoms with Crippen molar-refractivity contribution in [3.05, 3.63) is 102 Å². The molecule has 0 unspecified atom stereocenters. The minimum Gasteiger partial charge on any atom is -0.459 e. The van der Waals surface area contributed by atoms with Gasteiger partial charge in [-0.05, 0) is 54.6 Å². The van der Waals surface area contributed by atoms with Crippen LogP contribution in [0.1, 0.15) is 26.5 Å². The number of nitrogens with one attached hydrogen (secondary N) is 2. The molecule has 2 aromatic heterocycles. The van der Waals surface area contributed by atoms with Crippen molar-refractivity contribution in [1.29, 1.82) is 0 Å². The summed E-state index contributed by atoms with van der Waals surface area (Å²) in [6, 6.07) is 18.4. The standard InChI is InChI=1S/C25H19F3N4O3/c1-32(18-6-3-2-4-7-18)22-12-9-16(15-29-22)23(33)31-20-11-10-17(14-19(20)25(26,27)28)30-24(34)21-8-5-13-35-21/h2-15H,1H3,(H,30,34)(H,31,33). The first kappa shape index (κ1) is 23.6. The predicted molar refractivity (Wildman–Crippen MR) is 125 cm³/mol. The number of aromatic nitrogens is 1. The van der Waals surface area contributed by atoms with Crippen molar-refractivity contribution < 1.29 is 27.2 Å². The highest BCUT2D eigenvalue weighted by Crippen LogP contribution is 2.37. The zero-order valence-corrected chi connectivity index (χ0v) is 18.3. The molecule has 35 heavy (non-hydrogen) atoms. The van der Waals surface area contributed by atoms with Gasteiger partial charge in [0.25, 0.3) is 11.8 Å². The molecule has 2 aromatic carbocycles. The largest absolute Gasteiger partial charge is 0.459 e. The van der Waals surface area contributed by atoms with E-state index in [1.807, 2.05) is 30.3 Å². The molecule has 0 saturated carbocycles. The number of rotatable bonds is 6. The molecular weight excluding hydrogens is 461 g/mol. The Morgan fingerprint density at radius 1 is 0.914 bits per heavy atom. The van der Waals surface area contributed by atoms with E-state index in [0.29, 0.717) is 5.82 Å². The molecule has 178 valence electrons. The first-order valence-corrected chi connectivity index (χ1v) is 10.3. The lowest BCUT2D eigenvalue weighted by Crippen LogP contribution is -2.18. The SMILES string of the molecule is CN(c1ccccc1)c1ccc(C(=O)Nc2ccc(NC(=O)c3ccco3)cc2C(F)(F)F)cn1. The summed E-state index contributed by atoms with van der Waals surface area (Å²) in [6.07, 6.45) is -2.22. The smallest absolute Gasteiger partial charge is 0.418 e. The minimum atomic E-state index is -4.78. The van der Waals surface area contributed by atoms with Crippen LogP contribution in [-0.2, 0) is 6.18 Å². The third-order valence-corrected chi connectivity index (χ3v) is 5.07. The van der Waals surface area contributed by atoms with Crippen molar-refractivity contribution in [1.82, 2.24) is 4.98 Å². The zero-order chi connectivity index (χ0) is 25.0. The topological polar surface area (TPSA) is 87.5 Å². The normalized spacial score (nSPS) is 11.1. The van der Waals surface area contributed by atoms with Crippen molar-refractivity contribution in [2.24, 2.45) is 0 Å². The average molecular weight is 480 g/mol. The van der Waals surface area contributed by atoms with E-state index in [2.05, 4.69) is 15.6 Å². The Hall–Kier alpha value is -4.60. The molecule has 0 spiro atoms. The number of halogens is 3. The molecule has 0 bridgehead atoms. The first-order valence-electron chi connectivity index (χ1n) is 10.3. The summed E-state index contributed by atoms with van der Waals surface area (Å²) in [4.78, 5) is 30.8. The lowest BCUT2D eigenvalue weighted by Gasteiger charge is -2.18. The van der Waals surface area contributed by atoms with Crippen molar-refractivity contribution in [2.75, 3.05) is 22.6 Å². The van der Waals surface area contributed by atoms with Gasteiger partial charge < -0.3 is 20.0 Å². The molecule has 0 aliphatic heterocycles. The van der Waals surface area contributed by atoms with Gasteiger partial charge in [-0.3, -0.25) is 9.59 Å². The van der Waals surface area contributed by atoms with Gasteiger partial charge in [0.15, 0.2) is 5.76 Å². The lowest BCUT2D eigenvalue weighted by molar-refractivity contribution is -0.136. The Balaban J connectivity index is 1.51. The molecule has 7 nitrogen and oxygen atoms in total. The van der Waals surface area contributed by atoms with Crippen molar-refractivity contribution in [2.45, 2.75) is 6.18 Å². The summed E-state index contributed by atoms with van der Waals surface area (Å²) < 4.78 is 46.0. The molecule has 4 rings (SSSR count). The second kappa shape index (κ2) is 9.72. The maximum atomic E-state index is 13.7. The van der Waals surface area contributed by atoms with E-state index in [0.717, 1.165) is 17.8 Å². The highest BCUT2D eigenvalue weighted by molar-refractivity contribution is 6.05. The summed E-state index contributed by atoms with van der Waals surface area (Å²) >= 11 is 0. The van der Waals surface area contributed by atoms with Gasteiger partial charge in [-0.2, -0.15) is 13.2 Å². The first-order chi connectivity index (χ1) is 16.7. The number of para-hydroxylation sites is 1. The number of alkyl halides is 3. The third-order valence-electron chi connectivity index (χ3n) is 5.07. The summed E-state index contributed by atoms with van der Waals surface area (Å²) in [7, 11) is 1.80. The van der Waals surface area contributed by atoms with Crippen LogP contribution in [0.5, 0.6) is 0 Å². The van der Waals surface area contributed by atoms with Crippen LogP contribution >= 0.6 is 0 Å². The van der Waals surface area contributed by atoms with E-state index in [1.165, 1.54) is 36.7 Å². The Morgan fingerprint density at radius 2 is 1.69 bits per heavy atom. The summed E-state index contributed by atoms with van der Waals surface area (Å²) in [6.45, 7) is 0. The zero-order valence-electron chi connectivity index (χ0n) is 18.3. The van der Waals surface area contributed by atoms with Gasteiger partial charge in [0, 0.05) is 24.6 Å².